The second-order valence-corrected chi connectivity index (χ2v) is 13.5. The Balaban J connectivity index is 1.54. The highest BCUT2D eigenvalue weighted by Crippen LogP contribution is 2.43. The van der Waals surface area contributed by atoms with Crippen molar-refractivity contribution >= 4 is 33.9 Å². The number of hydrogen-bond donors (Lipinski definition) is 1. The number of carbonyl (C=O) groups is 1. The SMILES string of the molecule is COC(=O)C[C@@H](Nc1nc(-c2nn(C(c3ccccc3)(c3ccccc3)c3ccccc3)c3ncc(F)cc23)nc2c1ccn2C)C(C)(C)C. The lowest BCUT2D eigenvalue weighted by molar-refractivity contribution is -0.141. The van der Waals surface area contributed by atoms with E-state index in [4.69, 9.17) is 19.8 Å². The maximum Gasteiger partial charge on any atom is 0.307 e. The minimum atomic E-state index is -1.01. The molecule has 0 aliphatic carbocycles. The van der Waals surface area contributed by atoms with Crippen LogP contribution in [0.25, 0.3) is 33.6 Å². The standard InChI is InChI=1S/C40H38FN7O2/c1-39(2,3)32(24-33(49)50-5)43-35-30-21-22-47(4)38(30)45-36(44-35)34-31-23-29(41)25-42-37(31)48(46-34)40(26-15-9-6-10-16-26,27-17-11-7-12-18-27)28-19-13-8-14-20-28/h6-23,25,32H,24H2,1-5H3,(H,43,44,45)/t32-/m1/s1. The number of aryl methyl sites for hydroxylation is 1. The van der Waals surface area contributed by atoms with E-state index in [1.807, 2.05) is 83.2 Å². The molecule has 7 aromatic rings. The molecule has 0 aliphatic rings. The van der Waals surface area contributed by atoms with Crippen LogP contribution in [0, 0.1) is 11.2 Å². The van der Waals surface area contributed by atoms with Crippen molar-refractivity contribution in [3.8, 4) is 11.5 Å². The highest BCUT2D eigenvalue weighted by Gasteiger charge is 2.42. The lowest BCUT2D eigenvalue weighted by Gasteiger charge is -2.36. The zero-order valence-corrected chi connectivity index (χ0v) is 28.6. The van der Waals surface area contributed by atoms with Crippen molar-refractivity contribution in [1.82, 2.24) is 29.3 Å². The van der Waals surface area contributed by atoms with Crippen molar-refractivity contribution in [2.75, 3.05) is 12.4 Å². The maximum atomic E-state index is 15.2. The van der Waals surface area contributed by atoms with Crippen molar-refractivity contribution in [2.45, 2.75) is 38.8 Å². The molecule has 0 amide bonds. The smallest absolute Gasteiger partial charge is 0.307 e. The number of hydrogen-bond acceptors (Lipinski definition) is 7. The molecule has 252 valence electrons. The molecule has 50 heavy (non-hydrogen) atoms. The molecule has 1 atom stereocenters. The molecule has 1 N–H and O–H groups in total. The molecule has 10 heteroatoms. The number of anilines is 1. The van der Waals surface area contributed by atoms with Gasteiger partial charge in [-0.3, -0.25) is 4.79 Å². The third-order valence-corrected chi connectivity index (χ3v) is 9.27. The first kappa shape index (κ1) is 32.6. The Morgan fingerprint density at radius 2 is 1.42 bits per heavy atom. The molecule has 4 aromatic heterocycles. The maximum absolute atomic E-state index is 15.2. The fourth-order valence-electron chi connectivity index (χ4n) is 6.62. The van der Waals surface area contributed by atoms with Crippen molar-refractivity contribution in [3.63, 3.8) is 0 Å². The largest absolute Gasteiger partial charge is 0.469 e. The third-order valence-electron chi connectivity index (χ3n) is 9.27. The number of esters is 1. The van der Waals surface area contributed by atoms with Gasteiger partial charge in [-0.1, -0.05) is 112 Å². The van der Waals surface area contributed by atoms with Gasteiger partial charge in [-0.15, -0.1) is 0 Å². The van der Waals surface area contributed by atoms with Crippen LogP contribution >= 0.6 is 0 Å². The summed E-state index contributed by atoms with van der Waals surface area (Å²) in [6.45, 7) is 6.16. The molecule has 0 aliphatic heterocycles. The van der Waals surface area contributed by atoms with E-state index in [2.05, 4.69) is 67.5 Å². The predicted molar refractivity (Wildman–Crippen MR) is 193 cm³/mol. The van der Waals surface area contributed by atoms with Crippen LogP contribution in [-0.4, -0.2) is 48.4 Å². The fourth-order valence-corrected chi connectivity index (χ4v) is 6.62. The van der Waals surface area contributed by atoms with Crippen LogP contribution in [0.4, 0.5) is 10.2 Å². The summed E-state index contributed by atoms with van der Waals surface area (Å²) >= 11 is 0. The van der Waals surface area contributed by atoms with E-state index >= 15 is 4.39 Å². The van der Waals surface area contributed by atoms with E-state index in [9.17, 15) is 4.79 Å². The molecule has 4 heterocycles. The number of aromatic nitrogens is 6. The Bertz CT molecular complexity index is 2200. The van der Waals surface area contributed by atoms with Crippen LogP contribution < -0.4 is 5.32 Å². The highest BCUT2D eigenvalue weighted by molar-refractivity contribution is 5.94. The number of methoxy groups -OCH3 is 1. The first-order valence-electron chi connectivity index (χ1n) is 16.5. The molecule has 7 rings (SSSR count). The van der Waals surface area contributed by atoms with Crippen LogP contribution in [0.15, 0.2) is 116 Å². The van der Waals surface area contributed by atoms with Gasteiger partial charge in [0.15, 0.2) is 11.5 Å². The second-order valence-electron chi connectivity index (χ2n) is 13.5. The number of carbonyl (C=O) groups excluding carboxylic acids is 1. The zero-order chi connectivity index (χ0) is 35.0. The minimum absolute atomic E-state index is 0.133. The summed E-state index contributed by atoms with van der Waals surface area (Å²) in [5.41, 5.74) is 2.95. The number of nitrogens with zero attached hydrogens (tertiary/aromatic N) is 6. The molecule has 0 bridgehead atoms. The molecular formula is C40H38FN7O2. The topological polar surface area (TPSA) is 99.8 Å². The molecule has 0 unspecified atom stereocenters. The van der Waals surface area contributed by atoms with E-state index in [0.717, 1.165) is 22.1 Å². The lowest BCUT2D eigenvalue weighted by Crippen LogP contribution is -2.38. The summed E-state index contributed by atoms with van der Waals surface area (Å²) in [7, 11) is 3.29. The van der Waals surface area contributed by atoms with Gasteiger partial charge in [0.1, 0.15) is 28.5 Å². The summed E-state index contributed by atoms with van der Waals surface area (Å²) in [5, 5.41) is 10.1. The summed E-state index contributed by atoms with van der Waals surface area (Å²) in [5.74, 6) is -0.0257. The Hall–Kier alpha value is -5.90. The number of fused-ring (bicyclic) bond motifs is 2. The van der Waals surface area contributed by atoms with Gasteiger partial charge in [0, 0.05) is 19.3 Å². The molecule has 0 saturated heterocycles. The van der Waals surface area contributed by atoms with Gasteiger partial charge in [-0.05, 0) is 34.2 Å². The molecule has 0 spiro atoms. The minimum Gasteiger partial charge on any atom is -0.469 e. The molecule has 3 aromatic carbocycles. The lowest BCUT2D eigenvalue weighted by atomic mass is 9.77. The quantitative estimate of drug-likeness (QED) is 0.124. The summed E-state index contributed by atoms with van der Waals surface area (Å²) in [4.78, 5) is 27.2. The number of nitrogens with one attached hydrogen (secondary N) is 1. The Labute approximate surface area is 289 Å². The summed E-state index contributed by atoms with van der Waals surface area (Å²) in [6.07, 6.45) is 3.25. The number of halogens is 1. The molecule has 0 radical (unpaired) electrons. The normalized spacial score (nSPS) is 12.7. The number of ether oxygens (including phenoxy) is 1. The Kier molecular flexibility index (Phi) is 8.39. The van der Waals surface area contributed by atoms with E-state index in [1.54, 1.807) is 0 Å². The third kappa shape index (κ3) is 5.66. The van der Waals surface area contributed by atoms with Gasteiger partial charge in [0.05, 0.1) is 30.5 Å². The first-order valence-corrected chi connectivity index (χ1v) is 16.5. The van der Waals surface area contributed by atoms with Crippen molar-refractivity contribution in [2.24, 2.45) is 12.5 Å². The monoisotopic (exact) mass is 667 g/mol. The zero-order valence-electron chi connectivity index (χ0n) is 28.6. The van der Waals surface area contributed by atoms with Crippen LogP contribution in [0.2, 0.25) is 0 Å². The van der Waals surface area contributed by atoms with E-state index < -0.39 is 11.4 Å². The number of rotatable bonds is 9. The van der Waals surface area contributed by atoms with Gasteiger partial charge < -0.3 is 14.6 Å². The van der Waals surface area contributed by atoms with Crippen LogP contribution in [0.3, 0.4) is 0 Å². The molecule has 9 nitrogen and oxygen atoms in total. The van der Waals surface area contributed by atoms with E-state index in [0.29, 0.717) is 28.2 Å². The van der Waals surface area contributed by atoms with Gasteiger partial charge in [-0.25, -0.2) is 24.0 Å². The van der Waals surface area contributed by atoms with Gasteiger partial charge in [0.25, 0.3) is 0 Å². The van der Waals surface area contributed by atoms with Crippen LogP contribution in [-0.2, 0) is 22.1 Å². The summed E-state index contributed by atoms with van der Waals surface area (Å²) in [6, 6.07) is 33.4. The highest BCUT2D eigenvalue weighted by atomic mass is 19.1. The first-order chi connectivity index (χ1) is 24.1. The number of pyridine rings is 1. The van der Waals surface area contributed by atoms with Crippen molar-refractivity contribution in [3.05, 3.63) is 138 Å². The molecular weight excluding hydrogens is 629 g/mol. The Morgan fingerprint density at radius 1 is 0.840 bits per heavy atom. The van der Waals surface area contributed by atoms with E-state index in [1.165, 1.54) is 19.4 Å². The average Bonchev–Trinajstić information content (AvgIpc) is 3.69. The molecule has 0 fully saturated rings. The number of benzene rings is 3. The molecule has 0 saturated carbocycles. The van der Waals surface area contributed by atoms with Crippen LogP contribution in [0.5, 0.6) is 0 Å². The van der Waals surface area contributed by atoms with Gasteiger partial charge >= 0.3 is 5.97 Å². The van der Waals surface area contributed by atoms with Crippen molar-refractivity contribution < 1.29 is 13.9 Å². The van der Waals surface area contributed by atoms with Crippen molar-refractivity contribution in [1.29, 1.82) is 0 Å². The summed E-state index contributed by atoms with van der Waals surface area (Å²) < 4.78 is 24.0. The second kappa shape index (κ2) is 12.9. The van der Waals surface area contributed by atoms with Gasteiger partial charge in [-0.2, -0.15) is 5.10 Å². The average molecular weight is 668 g/mol. The van der Waals surface area contributed by atoms with E-state index in [-0.39, 0.29) is 29.7 Å². The predicted octanol–water partition coefficient (Wildman–Crippen LogP) is 7.75. The Morgan fingerprint density at radius 3 is 1.96 bits per heavy atom. The van der Waals surface area contributed by atoms with Gasteiger partial charge in [0.2, 0.25) is 0 Å². The van der Waals surface area contributed by atoms with Crippen LogP contribution in [0.1, 0.15) is 43.9 Å². The fraction of sp³-hybridized carbons (Fsp3) is 0.225.